The molecule has 0 amide bonds. The van der Waals surface area contributed by atoms with Gasteiger partial charge in [0.05, 0.1) is 11.2 Å². The topological polar surface area (TPSA) is 34.6 Å². The Morgan fingerprint density at radius 3 is 2.12 bits per heavy atom. The van der Waals surface area contributed by atoms with E-state index in [1.807, 2.05) is 31.4 Å². The van der Waals surface area contributed by atoms with Crippen molar-refractivity contribution in [2.24, 2.45) is 0 Å². The maximum absolute atomic E-state index is 6.07. The van der Waals surface area contributed by atoms with Crippen LogP contribution in [0.5, 0.6) is 0 Å². The smallest absolute Gasteiger partial charge is 0.399 e. The van der Waals surface area contributed by atoms with Gasteiger partial charge in [0.2, 0.25) is 0 Å². The molecule has 0 aliphatic carbocycles. The lowest BCUT2D eigenvalue weighted by Gasteiger charge is -2.32. The number of benzene rings is 1. The van der Waals surface area contributed by atoms with Crippen LogP contribution in [0.15, 0.2) is 48.7 Å². The SMILES string of the molecule is CN(Cc1ccccc1)c1ccc(B2OC(C)(C)C(C)(C)O2)cn1. The molecule has 1 saturated heterocycles. The molecule has 0 bridgehead atoms. The summed E-state index contributed by atoms with van der Waals surface area (Å²) in [6.45, 7) is 9.05. The lowest BCUT2D eigenvalue weighted by molar-refractivity contribution is 0.00578. The fraction of sp³-hybridized carbons (Fsp3) is 0.421. The molecular formula is C19H25BN2O2. The number of hydrogen-bond donors (Lipinski definition) is 0. The molecule has 2 heterocycles. The van der Waals surface area contributed by atoms with E-state index in [0.29, 0.717) is 0 Å². The molecule has 1 aromatic carbocycles. The summed E-state index contributed by atoms with van der Waals surface area (Å²) in [6.07, 6.45) is 1.85. The third kappa shape index (κ3) is 3.33. The lowest BCUT2D eigenvalue weighted by Crippen LogP contribution is -2.41. The first-order valence-corrected chi connectivity index (χ1v) is 8.35. The average Bonchev–Trinajstić information content (AvgIpc) is 2.76. The molecule has 0 spiro atoms. The molecule has 1 aliphatic rings. The molecular weight excluding hydrogens is 299 g/mol. The Balaban J connectivity index is 1.70. The molecule has 0 radical (unpaired) electrons. The van der Waals surface area contributed by atoms with Crippen molar-refractivity contribution in [2.45, 2.75) is 45.4 Å². The van der Waals surface area contributed by atoms with E-state index in [0.717, 1.165) is 17.8 Å². The van der Waals surface area contributed by atoms with Crippen molar-refractivity contribution in [3.05, 3.63) is 54.2 Å². The van der Waals surface area contributed by atoms with E-state index in [9.17, 15) is 0 Å². The van der Waals surface area contributed by atoms with Gasteiger partial charge in [-0.2, -0.15) is 0 Å². The van der Waals surface area contributed by atoms with Crippen LogP contribution in [0.2, 0.25) is 0 Å². The predicted molar refractivity (Wildman–Crippen MR) is 98.5 cm³/mol. The summed E-state index contributed by atoms with van der Waals surface area (Å²) in [5, 5.41) is 0. The molecule has 0 saturated carbocycles. The molecule has 1 aromatic heterocycles. The molecule has 126 valence electrons. The van der Waals surface area contributed by atoms with Crippen molar-refractivity contribution in [3.63, 3.8) is 0 Å². The molecule has 0 unspecified atom stereocenters. The Morgan fingerprint density at radius 1 is 0.958 bits per heavy atom. The van der Waals surface area contributed by atoms with Crippen LogP contribution in [0.3, 0.4) is 0 Å². The van der Waals surface area contributed by atoms with E-state index in [1.54, 1.807) is 0 Å². The van der Waals surface area contributed by atoms with Crippen LogP contribution < -0.4 is 10.4 Å². The Hall–Kier alpha value is -1.85. The van der Waals surface area contributed by atoms with Gasteiger partial charge in [-0.1, -0.05) is 36.4 Å². The Kier molecular flexibility index (Phi) is 4.41. The first-order valence-electron chi connectivity index (χ1n) is 8.35. The van der Waals surface area contributed by atoms with Crippen LogP contribution in [0.4, 0.5) is 5.82 Å². The third-order valence-corrected chi connectivity index (χ3v) is 4.95. The second-order valence-electron chi connectivity index (χ2n) is 7.38. The zero-order valence-corrected chi connectivity index (χ0v) is 15.1. The maximum Gasteiger partial charge on any atom is 0.496 e. The number of anilines is 1. The highest BCUT2D eigenvalue weighted by atomic mass is 16.7. The van der Waals surface area contributed by atoms with Gasteiger partial charge >= 0.3 is 7.12 Å². The van der Waals surface area contributed by atoms with E-state index in [2.05, 4.69) is 61.8 Å². The lowest BCUT2D eigenvalue weighted by atomic mass is 9.80. The van der Waals surface area contributed by atoms with Gasteiger partial charge in [0.25, 0.3) is 0 Å². The molecule has 2 aromatic rings. The van der Waals surface area contributed by atoms with Gasteiger partial charge in [0.15, 0.2) is 0 Å². The van der Waals surface area contributed by atoms with E-state index >= 15 is 0 Å². The summed E-state index contributed by atoms with van der Waals surface area (Å²) < 4.78 is 12.1. The standard InChI is InChI=1S/C19H25BN2O2/c1-18(2)19(3,4)24-20(23-18)16-11-12-17(21-13-16)22(5)14-15-9-7-6-8-10-15/h6-13H,14H2,1-5H3. The minimum Gasteiger partial charge on any atom is -0.399 e. The number of aromatic nitrogens is 1. The Bertz CT molecular complexity index is 670. The van der Waals surface area contributed by atoms with Gasteiger partial charge in [0, 0.05) is 25.3 Å². The van der Waals surface area contributed by atoms with Crippen molar-refractivity contribution in [1.82, 2.24) is 4.98 Å². The van der Waals surface area contributed by atoms with Crippen molar-refractivity contribution in [3.8, 4) is 0 Å². The highest BCUT2D eigenvalue weighted by Gasteiger charge is 2.51. The molecule has 0 atom stereocenters. The number of hydrogen-bond acceptors (Lipinski definition) is 4. The van der Waals surface area contributed by atoms with Gasteiger partial charge < -0.3 is 14.2 Å². The quantitative estimate of drug-likeness (QED) is 0.810. The normalized spacial score (nSPS) is 18.6. The van der Waals surface area contributed by atoms with Crippen molar-refractivity contribution in [2.75, 3.05) is 11.9 Å². The summed E-state index contributed by atoms with van der Waals surface area (Å²) >= 11 is 0. The maximum atomic E-state index is 6.07. The third-order valence-electron chi connectivity index (χ3n) is 4.95. The van der Waals surface area contributed by atoms with Gasteiger partial charge in [-0.25, -0.2) is 4.98 Å². The summed E-state index contributed by atoms with van der Waals surface area (Å²) in [6, 6.07) is 14.4. The first kappa shape index (κ1) is 17.0. The number of rotatable bonds is 4. The molecule has 5 heteroatoms. The van der Waals surface area contributed by atoms with Crippen LogP contribution in [0.25, 0.3) is 0 Å². The monoisotopic (exact) mass is 324 g/mol. The van der Waals surface area contributed by atoms with Crippen molar-refractivity contribution >= 4 is 18.4 Å². The minimum atomic E-state index is -0.365. The predicted octanol–water partition coefficient (Wildman–Crippen LogP) is 3.02. The Morgan fingerprint density at radius 2 is 1.58 bits per heavy atom. The summed E-state index contributed by atoms with van der Waals surface area (Å²) in [7, 11) is 1.68. The fourth-order valence-corrected chi connectivity index (χ4v) is 2.68. The second-order valence-corrected chi connectivity index (χ2v) is 7.38. The average molecular weight is 324 g/mol. The Labute approximate surface area is 145 Å². The van der Waals surface area contributed by atoms with E-state index < -0.39 is 0 Å². The molecule has 1 fully saturated rings. The molecule has 24 heavy (non-hydrogen) atoms. The zero-order chi connectivity index (χ0) is 17.4. The largest absolute Gasteiger partial charge is 0.496 e. The highest BCUT2D eigenvalue weighted by Crippen LogP contribution is 2.36. The van der Waals surface area contributed by atoms with E-state index in [1.165, 1.54) is 5.56 Å². The van der Waals surface area contributed by atoms with Gasteiger partial charge in [-0.15, -0.1) is 0 Å². The molecule has 1 aliphatic heterocycles. The van der Waals surface area contributed by atoms with Crippen molar-refractivity contribution in [1.29, 1.82) is 0 Å². The highest BCUT2D eigenvalue weighted by molar-refractivity contribution is 6.62. The van der Waals surface area contributed by atoms with E-state index in [4.69, 9.17) is 9.31 Å². The van der Waals surface area contributed by atoms with Crippen LogP contribution in [0, 0.1) is 0 Å². The first-order chi connectivity index (χ1) is 11.3. The number of pyridine rings is 1. The van der Waals surface area contributed by atoms with E-state index in [-0.39, 0.29) is 18.3 Å². The second kappa shape index (κ2) is 6.23. The van der Waals surface area contributed by atoms with Crippen molar-refractivity contribution < 1.29 is 9.31 Å². The fourth-order valence-electron chi connectivity index (χ4n) is 2.68. The minimum absolute atomic E-state index is 0.333. The number of nitrogens with zero attached hydrogens (tertiary/aromatic N) is 2. The van der Waals surface area contributed by atoms with Gasteiger partial charge in [-0.3, -0.25) is 0 Å². The summed E-state index contributed by atoms with van der Waals surface area (Å²) in [4.78, 5) is 6.71. The summed E-state index contributed by atoms with van der Waals surface area (Å²) in [5.74, 6) is 0.930. The van der Waals surface area contributed by atoms with Gasteiger partial charge in [0.1, 0.15) is 5.82 Å². The van der Waals surface area contributed by atoms with Crippen LogP contribution in [0.1, 0.15) is 33.3 Å². The summed E-state index contributed by atoms with van der Waals surface area (Å²) in [5.41, 5.74) is 1.54. The molecule has 3 rings (SSSR count). The van der Waals surface area contributed by atoms with Gasteiger partial charge in [-0.05, 0) is 39.3 Å². The van der Waals surface area contributed by atoms with Crippen LogP contribution in [-0.4, -0.2) is 30.4 Å². The molecule has 4 nitrogen and oxygen atoms in total. The van der Waals surface area contributed by atoms with Crippen LogP contribution >= 0.6 is 0 Å². The zero-order valence-electron chi connectivity index (χ0n) is 15.1. The van der Waals surface area contributed by atoms with Crippen LogP contribution in [-0.2, 0) is 15.9 Å². The molecule has 0 N–H and O–H groups in total.